The molecule has 0 saturated heterocycles. The van der Waals surface area contributed by atoms with Gasteiger partial charge >= 0.3 is 0 Å². The van der Waals surface area contributed by atoms with Crippen molar-refractivity contribution >= 4 is 43.9 Å². The van der Waals surface area contributed by atoms with Crippen LogP contribution >= 0.6 is 0 Å². The second-order valence-corrected chi connectivity index (χ2v) is 10.4. The van der Waals surface area contributed by atoms with Crippen molar-refractivity contribution in [3.05, 3.63) is 121 Å². The molecular weight excluding hydrogens is 504 g/mol. The van der Waals surface area contributed by atoms with Gasteiger partial charge in [0.2, 0.25) is 0 Å². The maximum Gasteiger partial charge on any atom is 0.180 e. The monoisotopic (exact) mass is 528 g/mol. The summed E-state index contributed by atoms with van der Waals surface area (Å²) < 4.78 is 6.29. The first-order valence-corrected chi connectivity index (χ1v) is 13.7. The molecule has 0 saturated carbocycles. The summed E-state index contributed by atoms with van der Waals surface area (Å²) in [6.45, 7) is 4.05. The van der Waals surface area contributed by atoms with E-state index in [2.05, 4.69) is 66.7 Å². The van der Waals surface area contributed by atoms with Crippen LogP contribution in [0, 0.1) is 13.8 Å². The van der Waals surface area contributed by atoms with Gasteiger partial charge in [0.1, 0.15) is 16.8 Å². The lowest BCUT2D eigenvalue weighted by Crippen LogP contribution is -1.95. The van der Waals surface area contributed by atoms with Crippen molar-refractivity contribution < 1.29 is 4.42 Å². The quantitative estimate of drug-likeness (QED) is 0.214. The van der Waals surface area contributed by atoms with Crippen LogP contribution in [0.4, 0.5) is 0 Å². The van der Waals surface area contributed by atoms with E-state index in [-0.39, 0.29) is 0 Å². The van der Waals surface area contributed by atoms with E-state index in [4.69, 9.17) is 24.4 Å². The Morgan fingerprint density at radius 3 is 2.17 bits per heavy atom. The number of para-hydroxylation sites is 1. The minimum atomic E-state index is 0.655. The maximum absolute atomic E-state index is 6.29. The molecule has 8 aromatic rings. The molecule has 0 aliphatic carbocycles. The molecule has 8 rings (SSSR count). The first-order valence-electron chi connectivity index (χ1n) is 13.7. The van der Waals surface area contributed by atoms with Gasteiger partial charge in [0, 0.05) is 38.7 Å². The molecule has 4 aromatic carbocycles. The average molecular weight is 529 g/mol. The van der Waals surface area contributed by atoms with Crippen LogP contribution in [-0.4, -0.2) is 19.9 Å². The molecule has 0 atom stereocenters. The molecule has 0 N–H and O–H groups in total. The minimum Gasteiger partial charge on any atom is -0.452 e. The number of furan rings is 1. The van der Waals surface area contributed by atoms with Crippen molar-refractivity contribution in [2.45, 2.75) is 13.8 Å². The van der Waals surface area contributed by atoms with E-state index in [1.165, 1.54) is 0 Å². The van der Waals surface area contributed by atoms with Crippen LogP contribution in [0.15, 0.2) is 114 Å². The number of hydrogen-bond donors (Lipinski definition) is 0. The number of nitrogens with zero attached hydrogens (tertiary/aromatic N) is 4. The summed E-state index contributed by atoms with van der Waals surface area (Å²) in [5.41, 5.74) is 11.0. The number of fused-ring (bicyclic) bond motifs is 6. The van der Waals surface area contributed by atoms with Gasteiger partial charge in [-0.1, -0.05) is 78.9 Å². The van der Waals surface area contributed by atoms with Gasteiger partial charge in [0.15, 0.2) is 11.4 Å². The highest BCUT2D eigenvalue weighted by atomic mass is 16.3. The van der Waals surface area contributed by atoms with Gasteiger partial charge in [-0.3, -0.25) is 9.97 Å². The Bertz CT molecular complexity index is 2290. The summed E-state index contributed by atoms with van der Waals surface area (Å²) >= 11 is 0. The summed E-state index contributed by atoms with van der Waals surface area (Å²) in [7, 11) is 0. The van der Waals surface area contributed by atoms with Crippen LogP contribution in [-0.2, 0) is 0 Å². The smallest absolute Gasteiger partial charge is 0.180 e. The molecular formula is C36H24N4O. The number of hydrogen-bond acceptors (Lipinski definition) is 5. The molecule has 0 amide bonds. The first-order chi connectivity index (χ1) is 20.1. The predicted molar refractivity (Wildman–Crippen MR) is 166 cm³/mol. The van der Waals surface area contributed by atoms with Crippen LogP contribution in [0.3, 0.4) is 0 Å². The average Bonchev–Trinajstić information content (AvgIpc) is 3.39. The van der Waals surface area contributed by atoms with Crippen LogP contribution in [0.5, 0.6) is 0 Å². The van der Waals surface area contributed by atoms with Crippen LogP contribution in [0.1, 0.15) is 11.4 Å². The lowest BCUT2D eigenvalue weighted by Gasteiger charge is -2.12. The zero-order chi connectivity index (χ0) is 27.5. The molecule has 194 valence electrons. The van der Waals surface area contributed by atoms with Crippen LogP contribution in [0.25, 0.3) is 77.6 Å². The molecule has 41 heavy (non-hydrogen) atoms. The molecule has 0 unspecified atom stereocenters. The third kappa shape index (κ3) is 3.85. The number of rotatable bonds is 3. The molecule has 0 bridgehead atoms. The first kappa shape index (κ1) is 23.5. The second-order valence-electron chi connectivity index (χ2n) is 10.4. The van der Waals surface area contributed by atoms with E-state index in [9.17, 15) is 0 Å². The Morgan fingerprint density at radius 2 is 1.27 bits per heavy atom. The largest absolute Gasteiger partial charge is 0.452 e. The van der Waals surface area contributed by atoms with Gasteiger partial charge in [-0.05, 0) is 55.3 Å². The Hall–Kier alpha value is -5.42. The highest BCUT2D eigenvalue weighted by Crippen LogP contribution is 2.37. The molecule has 0 radical (unpaired) electrons. The summed E-state index contributed by atoms with van der Waals surface area (Å²) in [6, 6.07) is 37.2. The van der Waals surface area contributed by atoms with E-state index in [1.54, 1.807) is 0 Å². The highest BCUT2D eigenvalue weighted by Gasteiger charge is 2.18. The van der Waals surface area contributed by atoms with Gasteiger partial charge in [0.25, 0.3) is 0 Å². The van der Waals surface area contributed by atoms with Gasteiger partial charge in [0.05, 0.1) is 11.0 Å². The van der Waals surface area contributed by atoms with Gasteiger partial charge in [-0.15, -0.1) is 0 Å². The summed E-state index contributed by atoms with van der Waals surface area (Å²) in [4.78, 5) is 19.9. The molecule has 0 spiro atoms. The zero-order valence-corrected chi connectivity index (χ0v) is 22.6. The Kier molecular flexibility index (Phi) is 5.19. The Labute approximate surface area is 236 Å². The number of pyridine rings is 2. The third-order valence-corrected chi connectivity index (χ3v) is 7.60. The molecule has 4 heterocycles. The van der Waals surface area contributed by atoms with Crippen molar-refractivity contribution in [3.63, 3.8) is 0 Å². The number of aromatic nitrogens is 4. The molecule has 0 fully saturated rings. The van der Waals surface area contributed by atoms with Crippen LogP contribution < -0.4 is 0 Å². The van der Waals surface area contributed by atoms with Crippen molar-refractivity contribution in [1.29, 1.82) is 0 Å². The van der Waals surface area contributed by atoms with Crippen molar-refractivity contribution in [3.8, 4) is 33.8 Å². The third-order valence-electron chi connectivity index (χ3n) is 7.60. The van der Waals surface area contributed by atoms with E-state index in [1.807, 2.05) is 56.3 Å². The normalized spacial score (nSPS) is 11.7. The summed E-state index contributed by atoms with van der Waals surface area (Å²) in [5, 5.41) is 3.13. The second kappa shape index (κ2) is 9.07. The number of aryl methyl sites for hydroxylation is 2. The molecule has 0 aliphatic heterocycles. The Morgan fingerprint density at radius 1 is 0.512 bits per heavy atom. The van der Waals surface area contributed by atoms with Crippen LogP contribution in [0.2, 0.25) is 0 Å². The predicted octanol–water partition coefficient (Wildman–Crippen LogP) is 9.09. The molecule has 5 heteroatoms. The summed E-state index contributed by atoms with van der Waals surface area (Å²) in [5.74, 6) is 0.655. The van der Waals surface area contributed by atoms with Gasteiger partial charge < -0.3 is 4.42 Å². The highest BCUT2D eigenvalue weighted by molar-refractivity contribution is 6.09. The molecule has 5 nitrogen and oxygen atoms in total. The van der Waals surface area contributed by atoms with Crippen molar-refractivity contribution in [2.75, 3.05) is 0 Å². The fraction of sp³-hybridized carbons (Fsp3) is 0.0556. The van der Waals surface area contributed by atoms with E-state index < -0.39 is 0 Å². The van der Waals surface area contributed by atoms with Gasteiger partial charge in [-0.2, -0.15) is 0 Å². The van der Waals surface area contributed by atoms with Gasteiger partial charge in [-0.25, -0.2) is 9.97 Å². The summed E-state index contributed by atoms with van der Waals surface area (Å²) in [6.07, 6.45) is 0. The zero-order valence-electron chi connectivity index (χ0n) is 22.6. The minimum absolute atomic E-state index is 0.655. The van der Waals surface area contributed by atoms with Crippen molar-refractivity contribution in [2.24, 2.45) is 0 Å². The Balaban J connectivity index is 1.36. The van der Waals surface area contributed by atoms with E-state index >= 15 is 0 Å². The SMILES string of the molecule is Cc1ccc2ccc3c(-c4cccc(-c5nc(-c6ccccc6)c6oc7ccccc7c6n5)c4)cc(C)nc3c2n1. The fourth-order valence-corrected chi connectivity index (χ4v) is 5.67. The van der Waals surface area contributed by atoms with E-state index in [0.29, 0.717) is 11.4 Å². The fourth-order valence-electron chi connectivity index (χ4n) is 5.67. The number of benzene rings is 4. The topological polar surface area (TPSA) is 64.7 Å². The lowest BCUT2D eigenvalue weighted by molar-refractivity contribution is 0.667. The standard InChI is InChI=1S/C36H24N4O/c1-21-15-16-24-17-18-27-29(19-22(2)38-33(27)31(24)37-21)25-11-8-12-26(20-25)36-39-32(23-9-4-3-5-10-23)35-34(40-36)28-13-6-7-14-30(28)41-35/h3-20H,1-2H3. The van der Waals surface area contributed by atoms with E-state index in [0.717, 1.165) is 77.6 Å². The molecule has 0 aliphatic rings. The molecule has 4 aromatic heterocycles. The van der Waals surface area contributed by atoms with Crippen molar-refractivity contribution in [1.82, 2.24) is 19.9 Å². The maximum atomic E-state index is 6.29. The lowest BCUT2D eigenvalue weighted by atomic mass is 9.97.